The minimum Gasteiger partial charge on any atom is -0.484 e. The Bertz CT molecular complexity index is 907. The highest BCUT2D eigenvalue weighted by molar-refractivity contribution is 5.93. The molecule has 0 unspecified atom stereocenters. The average molecular weight is 361 g/mol. The first-order valence-corrected chi connectivity index (χ1v) is 8.92. The summed E-state index contributed by atoms with van der Waals surface area (Å²) in [7, 11) is 0. The first-order valence-electron chi connectivity index (χ1n) is 8.92. The Kier molecular flexibility index (Phi) is 5.81. The normalized spacial score (nSPS) is 10.7. The molecule has 0 aliphatic rings. The summed E-state index contributed by atoms with van der Waals surface area (Å²) in [5, 5.41) is 2.91. The van der Waals surface area contributed by atoms with E-state index in [1.165, 1.54) is 5.56 Å². The molecular formula is C22H23N3O2. The number of carbonyl (C=O) groups is 1. The molecule has 5 heteroatoms. The maximum atomic E-state index is 12.3. The molecule has 5 nitrogen and oxygen atoms in total. The number of nitrogens with one attached hydrogen (secondary N) is 1. The fraction of sp³-hybridized carbons (Fsp3) is 0.227. The number of carbonyl (C=O) groups excluding carboxylic acids is 1. The number of benzene rings is 2. The molecule has 0 saturated carbocycles. The van der Waals surface area contributed by atoms with Gasteiger partial charge in [0, 0.05) is 23.6 Å². The summed E-state index contributed by atoms with van der Waals surface area (Å²) in [4.78, 5) is 20.7. The molecule has 27 heavy (non-hydrogen) atoms. The van der Waals surface area contributed by atoms with Crippen LogP contribution in [0.2, 0.25) is 0 Å². The van der Waals surface area contributed by atoms with Crippen molar-refractivity contribution < 1.29 is 9.53 Å². The highest BCUT2D eigenvalue weighted by Gasteiger charge is 2.09. The molecule has 1 N–H and O–H groups in total. The second-order valence-electron chi connectivity index (χ2n) is 6.68. The fourth-order valence-corrected chi connectivity index (χ4v) is 2.65. The van der Waals surface area contributed by atoms with Gasteiger partial charge in [-0.05, 0) is 42.2 Å². The minimum absolute atomic E-state index is 0.0458. The second-order valence-corrected chi connectivity index (χ2v) is 6.68. The van der Waals surface area contributed by atoms with Crippen LogP contribution in [0.15, 0.2) is 61.1 Å². The summed E-state index contributed by atoms with van der Waals surface area (Å²) in [6.07, 6.45) is 4.97. The van der Waals surface area contributed by atoms with Gasteiger partial charge in [0.15, 0.2) is 6.61 Å². The molecule has 0 fully saturated rings. The molecule has 1 heterocycles. The van der Waals surface area contributed by atoms with Gasteiger partial charge in [-0.15, -0.1) is 0 Å². The van der Waals surface area contributed by atoms with E-state index in [0.717, 1.165) is 22.5 Å². The maximum absolute atomic E-state index is 12.3. The van der Waals surface area contributed by atoms with Crippen molar-refractivity contribution in [3.05, 3.63) is 72.2 Å². The Morgan fingerprint density at radius 1 is 1.11 bits per heavy atom. The van der Waals surface area contributed by atoms with E-state index >= 15 is 0 Å². The van der Waals surface area contributed by atoms with E-state index in [1.807, 2.05) is 49.4 Å². The largest absolute Gasteiger partial charge is 0.484 e. The van der Waals surface area contributed by atoms with E-state index in [2.05, 4.69) is 29.1 Å². The lowest BCUT2D eigenvalue weighted by atomic mass is 10.0. The van der Waals surface area contributed by atoms with Crippen LogP contribution in [0.3, 0.4) is 0 Å². The third-order valence-corrected chi connectivity index (χ3v) is 4.29. The van der Waals surface area contributed by atoms with Gasteiger partial charge in [-0.1, -0.05) is 38.1 Å². The molecule has 2 aromatic carbocycles. The molecule has 0 aliphatic heterocycles. The predicted octanol–water partition coefficient (Wildman–Crippen LogP) is 4.59. The topological polar surface area (TPSA) is 64.1 Å². The highest BCUT2D eigenvalue weighted by Crippen LogP contribution is 2.24. The third kappa shape index (κ3) is 4.91. The Hall–Kier alpha value is -3.21. The van der Waals surface area contributed by atoms with Gasteiger partial charge in [-0.25, -0.2) is 0 Å². The van der Waals surface area contributed by atoms with E-state index in [9.17, 15) is 4.79 Å². The van der Waals surface area contributed by atoms with Gasteiger partial charge >= 0.3 is 0 Å². The van der Waals surface area contributed by atoms with Gasteiger partial charge < -0.3 is 10.1 Å². The molecule has 0 bridgehead atoms. The Morgan fingerprint density at radius 2 is 1.89 bits per heavy atom. The van der Waals surface area contributed by atoms with Crippen LogP contribution in [0.25, 0.3) is 11.3 Å². The number of aromatic nitrogens is 2. The molecule has 138 valence electrons. The number of hydrogen-bond donors (Lipinski definition) is 1. The smallest absolute Gasteiger partial charge is 0.262 e. The molecule has 0 saturated heterocycles. The van der Waals surface area contributed by atoms with Gasteiger partial charge in [-0.3, -0.25) is 14.8 Å². The zero-order valence-corrected chi connectivity index (χ0v) is 15.8. The van der Waals surface area contributed by atoms with Crippen molar-refractivity contribution in [3.63, 3.8) is 0 Å². The molecule has 0 radical (unpaired) electrons. The summed E-state index contributed by atoms with van der Waals surface area (Å²) in [5.74, 6) is 0.939. The van der Waals surface area contributed by atoms with Gasteiger partial charge in [-0.2, -0.15) is 0 Å². The number of aryl methyl sites for hydroxylation is 1. The highest BCUT2D eigenvalue weighted by atomic mass is 16.5. The molecular weight excluding hydrogens is 338 g/mol. The van der Waals surface area contributed by atoms with Gasteiger partial charge in [0.1, 0.15) is 5.75 Å². The first-order chi connectivity index (χ1) is 13.0. The van der Waals surface area contributed by atoms with Crippen LogP contribution >= 0.6 is 0 Å². The Balaban J connectivity index is 1.63. The molecule has 3 aromatic rings. The van der Waals surface area contributed by atoms with E-state index in [-0.39, 0.29) is 12.5 Å². The summed E-state index contributed by atoms with van der Waals surface area (Å²) >= 11 is 0. The zero-order chi connectivity index (χ0) is 19.2. The van der Waals surface area contributed by atoms with Gasteiger partial charge in [0.25, 0.3) is 5.91 Å². The molecule has 1 amide bonds. The standard InChI is InChI=1S/C22H23N3O2/c1-15(2)17-6-8-19(9-7-17)27-14-22(26)25-20-12-18(5-4-16(20)3)21-13-23-10-11-24-21/h4-13,15H,14H2,1-3H3,(H,25,26). The third-order valence-electron chi connectivity index (χ3n) is 4.29. The average Bonchev–Trinajstić information content (AvgIpc) is 2.69. The number of hydrogen-bond acceptors (Lipinski definition) is 4. The van der Waals surface area contributed by atoms with E-state index < -0.39 is 0 Å². The van der Waals surface area contributed by atoms with E-state index in [1.54, 1.807) is 18.6 Å². The summed E-state index contributed by atoms with van der Waals surface area (Å²) in [5.41, 5.74) is 4.60. The molecule has 3 rings (SSSR count). The lowest BCUT2D eigenvalue weighted by Gasteiger charge is -2.12. The fourth-order valence-electron chi connectivity index (χ4n) is 2.65. The second kappa shape index (κ2) is 8.45. The van der Waals surface area contributed by atoms with Crippen LogP contribution in [0, 0.1) is 6.92 Å². The number of nitrogens with zero attached hydrogens (tertiary/aromatic N) is 2. The SMILES string of the molecule is Cc1ccc(-c2cnccn2)cc1NC(=O)COc1ccc(C(C)C)cc1. The van der Waals surface area contributed by atoms with Gasteiger partial charge in [0.05, 0.1) is 11.9 Å². The summed E-state index contributed by atoms with van der Waals surface area (Å²) in [6, 6.07) is 13.6. The minimum atomic E-state index is -0.206. The first kappa shape index (κ1) is 18.6. The lowest BCUT2D eigenvalue weighted by molar-refractivity contribution is -0.118. The van der Waals surface area contributed by atoms with Crippen molar-refractivity contribution >= 4 is 11.6 Å². The Labute approximate surface area is 159 Å². The quantitative estimate of drug-likeness (QED) is 0.697. The van der Waals surface area contributed by atoms with Crippen molar-refractivity contribution in [2.24, 2.45) is 0 Å². The lowest BCUT2D eigenvalue weighted by Crippen LogP contribution is -2.20. The van der Waals surface area contributed by atoms with Crippen molar-refractivity contribution in [1.82, 2.24) is 9.97 Å². The number of anilines is 1. The van der Waals surface area contributed by atoms with E-state index in [4.69, 9.17) is 4.74 Å². The summed E-state index contributed by atoms with van der Waals surface area (Å²) in [6.45, 7) is 6.18. The van der Waals surface area contributed by atoms with Crippen LogP contribution in [-0.2, 0) is 4.79 Å². The van der Waals surface area contributed by atoms with Crippen LogP contribution in [0.1, 0.15) is 30.9 Å². The van der Waals surface area contributed by atoms with Crippen molar-refractivity contribution in [3.8, 4) is 17.0 Å². The van der Waals surface area contributed by atoms with Crippen molar-refractivity contribution in [2.45, 2.75) is 26.7 Å². The van der Waals surface area contributed by atoms with Crippen molar-refractivity contribution in [1.29, 1.82) is 0 Å². The predicted molar refractivity (Wildman–Crippen MR) is 107 cm³/mol. The number of rotatable bonds is 6. The molecule has 0 spiro atoms. The monoisotopic (exact) mass is 361 g/mol. The van der Waals surface area contributed by atoms with Crippen LogP contribution in [0.4, 0.5) is 5.69 Å². The van der Waals surface area contributed by atoms with Crippen LogP contribution < -0.4 is 10.1 Å². The molecule has 0 aliphatic carbocycles. The van der Waals surface area contributed by atoms with Crippen LogP contribution in [0.5, 0.6) is 5.75 Å². The molecule has 1 aromatic heterocycles. The van der Waals surface area contributed by atoms with Crippen LogP contribution in [-0.4, -0.2) is 22.5 Å². The summed E-state index contributed by atoms with van der Waals surface area (Å²) < 4.78 is 5.60. The number of ether oxygens (including phenoxy) is 1. The van der Waals surface area contributed by atoms with E-state index in [0.29, 0.717) is 11.7 Å². The Morgan fingerprint density at radius 3 is 2.56 bits per heavy atom. The number of amides is 1. The molecule has 0 atom stereocenters. The van der Waals surface area contributed by atoms with Gasteiger partial charge in [0.2, 0.25) is 0 Å². The maximum Gasteiger partial charge on any atom is 0.262 e. The zero-order valence-electron chi connectivity index (χ0n) is 15.8. The van der Waals surface area contributed by atoms with Crippen molar-refractivity contribution in [2.75, 3.05) is 11.9 Å².